The lowest BCUT2D eigenvalue weighted by Crippen LogP contribution is -2.35. The Hall–Kier alpha value is -2.27. The van der Waals surface area contributed by atoms with Crippen LogP contribution >= 0.6 is 0 Å². The third kappa shape index (κ3) is 7.36. The van der Waals surface area contributed by atoms with Crippen LogP contribution in [0.3, 0.4) is 0 Å². The quantitative estimate of drug-likeness (QED) is 0.439. The van der Waals surface area contributed by atoms with Gasteiger partial charge in [0.1, 0.15) is 0 Å². The van der Waals surface area contributed by atoms with Crippen molar-refractivity contribution in [3.63, 3.8) is 0 Å². The zero-order chi connectivity index (χ0) is 24.6. The molecule has 0 spiro atoms. The SMILES string of the molecule is CCN(CC)S(=O)(=O)c1ccc(CCC(=O)NCCNS(=O)(=O)c2cc(C)ccc2C)cc1. The number of benzene rings is 2. The molecule has 0 saturated carbocycles. The van der Waals surface area contributed by atoms with Crippen molar-refractivity contribution < 1.29 is 21.6 Å². The summed E-state index contributed by atoms with van der Waals surface area (Å²) >= 11 is 0. The maximum Gasteiger partial charge on any atom is 0.243 e. The monoisotopic (exact) mass is 495 g/mol. The molecule has 10 heteroatoms. The molecule has 0 aliphatic rings. The summed E-state index contributed by atoms with van der Waals surface area (Å²) in [5, 5.41) is 2.70. The van der Waals surface area contributed by atoms with E-state index in [1.54, 1.807) is 57.2 Å². The van der Waals surface area contributed by atoms with E-state index in [2.05, 4.69) is 10.0 Å². The summed E-state index contributed by atoms with van der Waals surface area (Å²) in [6, 6.07) is 11.8. The van der Waals surface area contributed by atoms with E-state index < -0.39 is 20.0 Å². The summed E-state index contributed by atoms with van der Waals surface area (Å²) in [6.45, 7) is 8.22. The molecule has 0 saturated heterocycles. The molecule has 2 rings (SSSR count). The molecule has 0 bridgehead atoms. The molecule has 33 heavy (non-hydrogen) atoms. The molecular formula is C23H33N3O5S2. The second-order valence-electron chi connectivity index (χ2n) is 7.75. The van der Waals surface area contributed by atoms with E-state index >= 15 is 0 Å². The molecule has 0 aromatic heterocycles. The number of carbonyl (C=O) groups excluding carboxylic acids is 1. The van der Waals surface area contributed by atoms with Crippen molar-refractivity contribution in [1.29, 1.82) is 0 Å². The standard InChI is InChI=1S/C23H33N3O5S2/c1-5-26(6-2)33(30,31)21-12-9-20(10-13-21)11-14-23(27)24-15-16-25-32(28,29)22-17-18(3)7-8-19(22)4/h7-10,12-13,17,25H,5-6,11,14-16H2,1-4H3,(H,24,27). The highest BCUT2D eigenvalue weighted by molar-refractivity contribution is 7.89. The summed E-state index contributed by atoms with van der Waals surface area (Å²) in [5.41, 5.74) is 2.36. The zero-order valence-corrected chi connectivity index (χ0v) is 21.2. The summed E-state index contributed by atoms with van der Waals surface area (Å²) in [4.78, 5) is 12.6. The number of sulfonamides is 2. The smallest absolute Gasteiger partial charge is 0.243 e. The Bertz CT molecular complexity index is 1160. The lowest BCUT2D eigenvalue weighted by molar-refractivity contribution is -0.121. The van der Waals surface area contributed by atoms with E-state index in [1.807, 2.05) is 13.0 Å². The van der Waals surface area contributed by atoms with Gasteiger partial charge in [-0.3, -0.25) is 4.79 Å². The number of hydrogen-bond donors (Lipinski definition) is 2. The fraction of sp³-hybridized carbons (Fsp3) is 0.435. The number of rotatable bonds is 12. The van der Waals surface area contributed by atoms with Gasteiger partial charge in [0.2, 0.25) is 26.0 Å². The molecule has 2 N–H and O–H groups in total. The van der Waals surface area contributed by atoms with Crippen LogP contribution in [0.5, 0.6) is 0 Å². The van der Waals surface area contributed by atoms with E-state index in [1.165, 1.54) is 4.31 Å². The third-order valence-corrected chi connectivity index (χ3v) is 8.95. The first kappa shape index (κ1) is 27.0. The van der Waals surface area contributed by atoms with Crippen molar-refractivity contribution >= 4 is 26.0 Å². The van der Waals surface area contributed by atoms with E-state index in [0.29, 0.717) is 25.1 Å². The number of aryl methyl sites for hydroxylation is 3. The van der Waals surface area contributed by atoms with Gasteiger partial charge in [-0.25, -0.2) is 21.6 Å². The average Bonchev–Trinajstić information content (AvgIpc) is 2.78. The summed E-state index contributed by atoms with van der Waals surface area (Å²) < 4.78 is 53.9. The molecule has 1 amide bonds. The van der Waals surface area contributed by atoms with Crippen LogP contribution in [-0.2, 0) is 31.3 Å². The van der Waals surface area contributed by atoms with Crippen LogP contribution in [0.4, 0.5) is 0 Å². The summed E-state index contributed by atoms with van der Waals surface area (Å²) in [5.74, 6) is -0.208. The van der Waals surface area contributed by atoms with Crippen molar-refractivity contribution in [2.45, 2.75) is 50.3 Å². The molecule has 0 atom stereocenters. The van der Waals surface area contributed by atoms with Gasteiger partial charge < -0.3 is 5.32 Å². The largest absolute Gasteiger partial charge is 0.355 e. The molecule has 182 valence electrons. The normalized spacial score (nSPS) is 12.2. The second-order valence-corrected chi connectivity index (χ2v) is 11.4. The Morgan fingerprint density at radius 2 is 1.55 bits per heavy atom. The van der Waals surface area contributed by atoms with Crippen LogP contribution in [0, 0.1) is 13.8 Å². The predicted octanol–water partition coefficient (Wildman–Crippen LogP) is 2.36. The summed E-state index contributed by atoms with van der Waals surface area (Å²) in [6.07, 6.45) is 0.664. The molecule has 0 unspecified atom stereocenters. The zero-order valence-electron chi connectivity index (χ0n) is 19.6. The minimum atomic E-state index is -3.65. The molecule has 2 aromatic rings. The second kappa shape index (κ2) is 11.7. The highest BCUT2D eigenvalue weighted by Gasteiger charge is 2.21. The Kier molecular flexibility index (Phi) is 9.59. The van der Waals surface area contributed by atoms with Crippen LogP contribution in [0.2, 0.25) is 0 Å². The number of carbonyl (C=O) groups is 1. The van der Waals surface area contributed by atoms with Gasteiger partial charge in [0.25, 0.3) is 0 Å². The van der Waals surface area contributed by atoms with Gasteiger partial charge in [-0.05, 0) is 55.2 Å². The first-order valence-electron chi connectivity index (χ1n) is 10.9. The number of nitrogens with one attached hydrogen (secondary N) is 2. The first-order valence-corrected chi connectivity index (χ1v) is 13.9. The average molecular weight is 496 g/mol. The lowest BCUT2D eigenvalue weighted by atomic mass is 10.1. The number of hydrogen-bond acceptors (Lipinski definition) is 5. The van der Waals surface area contributed by atoms with E-state index in [9.17, 15) is 21.6 Å². The molecule has 8 nitrogen and oxygen atoms in total. The lowest BCUT2D eigenvalue weighted by Gasteiger charge is -2.18. The van der Waals surface area contributed by atoms with E-state index in [-0.39, 0.29) is 35.2 Å². The van der Waals surface area contributed by atoms with Crippen LogP contribution in [0.25, 0.3) is 0 Å². The Labute approximate surface area is 197 Å². The molecular weight excluding hydrogens is 462 g/mol. The molecule has 0 fully saturated rings. The highest BCUT2D eigenvalue weighted by atomic mass is 32.2. The predicted molar refractivity (Wildman–Crippen MR) is 129 cm³/mol. The van der Waals surface area contributed by atoms with Gasteiger partial charge in [-0.15, -0.1) is 0 Å². The number of nitrogens with zero attached hydrogens (tertiary/aromatic N) is 1. The van der Waals surface area contributed by atoms with Crippen LogP contribution < -0.4 is 10.0 Å². The van der Waals surface area contributed by atoms with Crippen molar-refractivity contribution in [3.05, 3.63) is 59.2 Å². The Morgan fingerprint density at radius 3 is 2.15 bits per heavy atom. The van der Waals surface area contributed by atoms with Crippen LogP contribution in [-0.4, -0.2) is 53.2 Å². The third-order valence-electron chi connectivity index (χ3n) is 5.28. The molecule has 0 aliphatic heterocycles. The molecule has 0 radical (unpaired) electrons. The molecule has 0 heterocycles. The van der Waals surface area contributed by atoms with E-state index in [4.69, 9.17) is 0 Å². The Morgan fingerprint density at radius 1 is 0.909 bits per heavy atom. The van der Waals surface area contributed by atoms with Gasteiger partial charge >= 0.3 is 0 Å². The summed E-state index contributed by atoms with van der Waals surface area (Å²) in [7, 11) is -7.15. The van der Waals surface area contributed by atoms with Gasteiger partial charge in [-0.2, -0.15) is 4.31 Å². The van der Waals surface area contributed by atoms with Crippen molar-refractivity contribution in [2.75, 3.05) is 26.2 Å². The van der Waals surface area contributed by atoms with Gasteiger partial charge in [0, 0.05) is 32.6 Å². The van der Waals surface area contributed by atoms with Gasteiger partial charge in [-0.1, -0.05) is 38.1 Å². The maximum absolute atomic E-state index is 12.5. The topological polar surface area (TPSA) is 113 Å². The molecule has 0 aliphatic carbocycles. The fourth-order valence-electron chi connectivity index (χ4n) is 3.35. The van der Waals surface area contributed by atoms with Crippen molar-refractivity contribution in [2.24, 2.45) is 0 Å². The Balaban J connectivity index is 1.81. The minimum absolute atomic E-state index is 0.0827. The van der Waals surface area contributed by atoms with Crippen LogP contribution in [0.15, 0.2) is 52.3 Å². The van der Waals surface area contributed by atoms with Crippen LogP contribution in [0.1, 0.15) is 37.0 Å². The van der Waals surface area contributed by atoms with Gasteiger partial charge in [0.15, 0.2) is 0 Å². The highest BCUT2D eigenvalue weighted by Crippen LogP contribution is 2.17. The number of amides is 1. The first-order chi connectivity index (χ1) is 15.5. The van der Waals surface area contributed by atoms with Crippen molar-refractivity contribution in [1.82, 2.24) is 14.3 Å². The van der Waals surface area contributed by atoms with Crippen molar-refractivity contribution in [3.8, 4) is 0 Å². The fourth-order valence-corrected chi connectivity index (χ4v) is 6.17. The minimum Gasteiger partial charge on any atom is -0.355 e. The molecule has 2 aromatic carbocycles. The van der Waals surface area contributed by atoms with Gasteiger partial charge in [0.05, 0.1) is 9.79 Å². The maximum atomic E-state index is 12.5. The van der Waals surface area contributed by atoms with E-state index in [0.717, 1.165) is 11.1 Å².